The van der Waals surface area contributed by atoms with Gasteiger partial charge in [0.25, 0.3) is 0 Å². The summed E-state index contributed by atoms with van der Waals surface area (Å²) < 4.78 is 13.2. The molecule has 90 valence electrons. The van der Waals surface area contributed by atoms with E-state index in [0.717, 1.165) is 0 Å². The molecule has 0 aliphatic rings. The Labute approximate surface area is 106 Å². The molecule has 0 radical (unpaired) electrons. The van der Waals surface area contributed by atoms with Crippen LogP contribution in [0.15, 0.2) is 30.6 Å². The predicted octanol–water partition coefficient (Wildman–Crippen LogP) is 2.89. The number of hydrogen-bond donors (Lipinski definition) is 2. The molecule has 0 spiro atoms. The summed E-state index contributed by atoms with van der Waals surface area (Å²) in [6, 6.07) is 7.12. The lowest BCUT2D eigenvalue weighted by Gasteiger charge is -2.07. The van der Waals surface area contributed by atoms with E-state index in [1.54, 1.807) is 18.2 Å². The molecular weight excluding hydrogens is 257 g/mol. The van der Waals surface area contributed by atoms with E-state index in [1.807, 2.05) is 6.07 Å². The summed E-state index contributed by atoms with van der Waals surface area (Å²) in [6.45, 7) is 0. The number of aromatic nitrogens is 4. The van der Waals surface area contributed by atoms with E-state index in [2.05, 4.69) is 25.3 Å². The zero-order chi connectivity index (χ0) is 12.5. The van der Waals surface area contributed by atoms with Crippen molar-refractivity contribution < 1.29 is 4.39 Å². The van der Waals surface area contributed by atoms with Crippen molar-refractivity contribution in [3.05, 3.63) is 41.7 Å². The molecule has 2 heterocycles. The SMILES string of the molecule is Fc1nc(Nc2ccccc2Cl)c2[nH]cnc2n1. The predicted molar refractivity (Wildman–Crippen MR) is 66.4 cm³/mol. The summed E-state index contributed by atoms with van der Waals surface area (Å²) in [6.07, 6.45) is 0.584. The zero-order valence-electron chi connectivity index (χ0n) is 8.98. The van der Waals surface area contributed by atoms with Crippen LogP contribution in [0.3, 0.4) is 0 Å². The number of imidazole rings is 1. The molecule has 3 rings (SSSR count). The summed E-state index contributed by atoms with van der Waals surface area (Å²) in [4.78, 5) is 14.0. The Morgan fingerprint density at radius 3 is 2.89 bits per heavy atom. The van der Waals surface area contributed by atoms with Gasteiger partial charge in [0.1, 0.15) is 5.52 Å². The molecule has 0 bridgehead atoms. The van der Waals surface area contributed by atoms with Crippen LogP contribution in [-0.2, 0) is 0 Å². The zero-order valence-corrected chi connectivity index (χ0v) is 9.74. The molecule has 0 saturated carbocycles. The van der Waals surface area contributed by atoms with Gasteiger partial charge in [-0.3, -0.25) is 0 Å². The van der Waals surface area contributed by atoms with Gasteiger partial charge in [0.2, 0.25) is 0 Å². The van der Waals surface area contributed by atoms with Gasteiger partial charge in [0.15, 0.2) is 11.5 Å². The van der Waals surface area contributed by atoms with Crippen LogP contribution in [0.5, 0.6) is 0 Å². The minimum atomic E-state index is -0.843. The maximum absolute atomic E-state index is 13.2. The summed E-state index contributed by atoms with van der Waals surface area (Å²) in [5.41, 5.74) is 1.42. The van der Waals surface area contributed by atoms with E-state index in [4.69, 9.17) is 11.6 Å². The van der Waals surface area contributed by atoms with E-state index in [-0.39, 0.29) is 5.65 Å². The van der Waals surface area contributed by atoms with E-state index < -0.39 is 6.08 Å². The number of hydrogen-bond acceptors (Lipinski definition) is 4. The standard InChI is InChI=1S/C11H7ClFN5/c12-6-3-1-2-4-7(6)16-10-8-9(15-5-14-8)17-11(13)18-10/h1-5H,(H2,14,15,16,17,18). The highest BCUT2D eigenvalue weighted by atomic mass is 35.5. The van der Waals surface area contributed by atoms with Crippen LogP contribution in [0, 0.1) is 6.08 Å². The number of rotatable bonds is 2. The second-order valence-corrected chi connectivity index (χ2v) is 3.95. The molecule has 0 fully saturated rings. The highest BCUT2D eigenvalue weighted by Gasteiger charge is 2.10. The smallest absolute Gasteiger partial charge is 0.312 e. The van der Waals surface area contributed by atoms with E-state index in [0.29, 0.717) is 22.0 Å². The number of para-hydroxylation sites is 1. The van der Waals surface area contributed by atoms with Gasteiger partial charge in [-0.15, -0.1) is 0 Å². The van der Waals surface area contributed by atoms with Crippen molar-refractivity contribution in [2.24, 2.45) is 0 Å². The number of benzene rings is 1. The Balaban J connectivity index is 2.10. The van der Waals surface area contributed by atoms with Gasteiger partial charge in [-0.25, -0.2) is 4.98 Å². The van der Waals surface area contributed by atoms with Gasteiger partial charge >= 0.3 is 6.08 Å². The van der Waals surface area contributed by atoms with Crippen molar-refractivity contribution in [1.29, 1.82) is 0 Å². The van der Waals surface area contributed by atoms with Gasteiger partial charge in [-0.1, -0.05) is 23.7 Å². The molecule has 5 nitrogen and oxygen atoms in total. The maximum atomic E-state index is 13.2. The minimum Gasteiger partial charge on any atom is -0.340 e. The van der Waals surface area contributed by atoms with Crippen LogP contribution < -0.4 is 5.32 Å². The number of anilines is 2. The van der Waals surface area contributed by atoms with Crippen LogP contribution in [-0.4, -0.2) is 19.9 Å². The van der Waals surface area contributed by atoms with Crippen LogP contribution >= 0.6 is 11.6 Å². The first-order valence-corrected chi connectivity index (χ1v) is 5.50. The lowest BCUT2D eigenvalue weighted by Crippen LogP contribution is -1.99. The molecule has 0 unspecified atom stereocenters. The fraction of sp³-hybridized carbons (Fsp3) is 0. The van der Waals surface area contributed by atoms with Crippen molar-refractivity contribution in [3.8, 4) is 0 Å². The number of halogens is 2. The number of nitrogens with zero attached hydrogens (tertiary/aromatic N) is 3. The fourth-order valence-corrected chi connectivity index (χ4v) is 1.77. The third-order valence-corrected chi connectivity index (χ3v) is 2.71. The van der Waals surface area contributed by atoms with E-state index in [9.17, 15) is 4.39 Å². The molecule has 0 aliphatic carbocycles. The summed E-state index contributed by atoms with van der Waals surface area (Å²) >= 11 is 6.01. The molecule has 7 heteroatoms. The number of nitrogens with one attached hydrogen (secondary N) is 2. The molecular formula is C11H7ClFN5. The highest BCUT2D eigenvalue weighted by Crippen LogP contribution is 2.26. The molecule has 0 amide bonds. The Morgan fingerprint density at radius 1 is 1.22 bits per heavy atom. The second kappa shape index (κ2) is 4.23. The van der Waals surface area contributed by atoms with E-state index >= 15 is 0 Å². The van der Waals surface area contributed by atoms with Gasteiger partial charge in [0.05, 0.1) is 17.0 Å². The second-order valence-electron chi connectivity index (χ2n) is 3.55. The molecule has 0 aliphatic heterocycles. The molecule has 0 saturated heterocycles. The van der Waals surface area contributed by atoms with E-state index in [1.165, 1.54) is 6.33 Å². The molecule has 2 aromatic heterocycles. The first-order chi connectivity index (χ1) is 8.74. The third-order valence-electron chi connectivity index (χ3n) is 2.39. The quantitative estimate of drug-likeness (QED) is 0.698. The van der Waals surface area contributed by atoms with Crippen molar-refractivity contribution in [2.75, 3.05) is 5.32 Å². The fourth-order valence-electron chi connectivity index (χ4n) is 1.59. The molecule has 0 atom stereocenters. The molecule has 2 N–H and O–H groups in total. The van der Waals surface area contributed by atoms with Gasteiger partial charge < -0.3 is 10.3 Å². The normalized spacial score (nSPS) is 10.8. The minimum absolute atomic E-state index is 0.261. The van der Waals surface area contributed by atoms with Crippen molar-refractivity contribution in [2.45, 2.75) is 0 Å². The molecule has 3 aromatic rings. The monoisotopic (exact) mass is 263 g/mol. The van der Waals surface area contributed by atoms with Gasteiger partial charge in [0, 0.05) is 0 Å². The Kier molecular flexibility index (Phi) is 2.56. The first-order valence-electron chi connectivity index (χ1n) is 5.12. The van der Waals surface area contributed by atoms with Crippen molar-refractivity contribution in [1.82, 2.24) is 19.9 Å². The Hall–Kier alpha value is -2.21. The van der Waals surface area contributed by atoms with Crippen molar-refractivity contribution >= 4 is 34.3 Å². The lowest BCUT2D eigenvalue weighted by molar-refractivity contribution is 0.545. The molecule has 1 aromatic carbocycles. The van der Waals surface area contributed by atoms with Crippen LogP contribution in [0.2, 0.25) is 5.02 Å². The van der Waals surface area contributed by atoms with Gasteiger partial charge in [-0.05, 0) is 12.1 Å². The topological polar surface area (TPSA) is 66.5 Å². The number of fused-ring (bicyclic) bond motifs is 1. The highest BCUT2D eigenvalue weighted by molar-refractivity contribution is 6.33. The summed E-state index contributed by atoms with van der Waals surface area (Å²) in [5, 5.41) is 3.47. The summed E-state index contributed by atoms with van der Waals surface area (Å²) in [7, 11) is 0. The largest absolute Gasteiger partial charge is 0.340 e. The Bertz CT molecular complexity index is 711. The summed E-state index contributed by atoms with van der Waals surface area (Å²) in [5.74, 6) is 0.295. The average molecular weight is 264 g/mol. The average Bonchev–Trinajstić information content (AvgIpc) is 2.80. The van der Waals surface area contributed by atoms with Gasteiger partial charge in [-0.2, -0.15) is 14.4 Å². The number of H-pyrrole nitrogens is 1. The van der Waals surface area contributed by atoms with Crippen LogP contribution in [0.4, 0.5) is 15.9 Å². The molecule has 18 heavy (non-hydrogen) atoms. The van der Waals surface area contributed by atoms with Crippen LogP contribution in [0.1, 0.15) is 0 Å². The lowest BCUT2D eigenvalue weighted by atomic mass is 10.3. The van der Waals surface area contributed by atoms with Crippen molar-refractivity contribution in [3.63, 3.8) is 0 Å². The van der Waals surface area contributed by atoms with Crippen LogP contribution in [0.25, 0.3) is 11.2 Å². The number of aromatic amines is 1. The maximum Gasteiger partial charge on any atom is 0.312 e. The first kappa shape index (κ1) is 10.9. The Morgan fingerprint density at radius 2 is 2.06 bits per heavy atom. The third kappa shape index (κ3) is 1.86.